The number of esters is 1. The quantitative estimate of drug-likeness (QED) is 0.503. The zero-order chi connectivity index (χ0) is 23.3. The topological polar surface area (TPSA) is 119 Å². The number of nitrogens with zero attached hydrogens (tertiary/aromatic N) is 2. The number of hydrogen-bond acceptors (Lipinski definition) is 7. The van der Waals surface area contributed by atoms with Gasteiger partial charge >= 0.3 is 5.97 Å². The Morgan fingerprint density at radius 2 is 1.97 bits per heavy atom. The van der Waals surface area contributed by atoms with Gasteiger partial charge in [-0.25, -0.2) is 9.78 Å². The van der Waals surface area contributed by atoms with E-state index in [0.29, 0.717) is 34.3 Å². The molecule has 0 atom stereocenters. The molecule has 0 bridgehead atoms. The predicted octanol–water partition coefficient (Wildman–Crippen LogP) is 2.72. The average Bonchev–Trinajstić information content (AvgIpc) is 3.10. The first kappa shape index (κ1) is 23.1. The van der Waals surface area contributed by atoms with Gasteiger partial charge in [-0.2, -0.15) is 0 Å². The van der Waals surface area contributed by atoms with Crippen molar-refractivity contribution in [3.05, 3.63) is 57.0 Å². The first-order valence-electron chi connectivity index (χ1n) is 10.1. The highest BCUT2D eigenvalue weighted by Gasteiger charge is 2.26. The lowest BCUT2D eigenvalue weighted by atomic mass is 10.1. The molecular formula is C22H24N4O5S. The van der Waals surface area contributed by atoms with E-state index in [2.05, 4.69) is 15.6 Å². The molecule has 0 radical (unpaired) electrons. The van der Waals surface area contributed by atoms with Gasteiger partial charge in [0.05, 0.1) is 34.3 Å². The smallest absolute Gasteiger partial charge is 0.341 e. The van der Waals surface area contributed by atoms with Crippen LogP contribution in [0.4, 0.5) is 5.00 Å². The summed E-state index contributed by atoms with van der Waals surface area (Å²) in [6.07, 6.45) is 1.99. The van der Waals surface area contributed by atoms with Crippen molar-refractivity contribution >= 4 is 45.0 Å². The molecule has 0 saturated heterocycles. The standard InChI is InChI=1S/C22H24N4O5S/c1-4-31-22(30)17-13(2)18(19(28)23-3)32-20(17)25-16(27)10-7-11-26-12-24-15-9-6-5-8-14(15)21(26)29/h5-6,8-9,12H,4,7,10-11H2,1-3H3,(H,23,28)(H,25,27). The maximum absolute atomic E-state index is 12.5. The highest BCUT2D eigenvalue weighted by molar-refractivity contribution is 7.18. The van der Waals surface area contributed by atoms with Gasteiger partial charge in [0, 0.05) is 20.0 Å². The summed E-state index contributed by atoms with van der Waals surface area (Å²) < 4.78 is 6.56. The molecule has 2 aromatic heterocycles. The molecule has 3 rings (SSSR count). The Bertz CT molecular complexity index is 1230. The lowest BCUT2D eigenvalue weighted by molar-refractivity contribution is -0.116. The molecule has 2 N–H and O–H groups in total. The van der Waals surface area contributed by atoms with Gasteiger partial charge in [0.25, 0.3) is 11.5 Å². The molecule has 10 heteroatoms. The number of hydrogen-bond donors (Lipinski definition) is 2. The summed E-state index contributed by atoms with van der Waals surface area (Å²) in [6, 6.07) is 7.08. The zero-order valence-corrected chi connectivity index (χ0v) is 18.9. The molecule has 0 saturated carbocycles. The third-order valence-electron chi connectivity index (χ3n) is 4.85. The van der Waals surface area contributed by atoms with E-state index in [-0.39, 0.29) is 41.0 Å². The van der Waals surface area contributed by atoms with Crippen LogP contribution in [0.3, 0.4) is 0 Å². The van der Waals surface area contributed by atoms with Crippen molar-refractivity contribution in [3.63, 3.8) is 0 Å². The van der Waals surface area contributed by atoms with Crippen LogP contribution < -0.4 is 16.2 Å². The second-order valence-electron chi connectivity index (χ2n) is 6.97. The number of para-hydroxylation sites is 1. The van der Waals surface area contributed by atoms with Crippen LogP contribution >= 0.6 is 11.3 Å². The zero-order valence-electron chi connectivity index (χ0n) is 18.1. The summed E-state index contributed by atoms with van der Waals surface area (Å²) in [7, 11) is 1.49. The number of aryl methyl sites for hydroxylation is 1. The van der Waals surface area contributed by atoms with Gasteiger partial charge in [0.15, 0.2) is 0 Å². The van der Waals surface area contributed by atoms with Crippen LogP contribution in [0.1, 0.15) is 45.4 Å². The van der Waals surface area contributed by atoms with E-state index in [9.17, 15) is 19.2 Å². The van der Waals surface area contributed by atoms with Crippen LogP contribution in [0.2, 0.25) is 0 Å². The van der Waals surface area contributed by atoms with Crippen molar-refractivity contribution in [1.29, 1.82) is 0 Å². The Labute approximate surface area is 188 Å². The summed E-state index contributed by atoms with van der Waals surface area (Å²) in [5.74, 6) is -1.27. The SMILES string of the molecule is CCOC(=O)c1c(NC(=O)CCCn2cnc3ccccc3c2=O)sc(C(=O)NC)c1C. The number of thiophene rings is 1. The molecular weight excluding hydrogens is 432 g/mol. The highest BCUT2D eigenvalue weighted by Crippen LogP contribution is 2.34. The highest BCUT2D eigenvalue weighted by atomic mass is 32.1. The number of fused-ring (bicyclic) bond motifs is 1. The van der Waals surface area contributed by atoms with Gasteiger partial charge in [-0.15, -0.1) is 11.3 Å². The summed E-state index contributed by atoms with van der Waals surface area (Å²) in [5.41, 5.74) is 1.10. The van der Waals surface area contributed by atoms with Crippen LogP contribution in [-0.2, 0) is 16.1 Å². The Morgan fingerprint density at radius 3 is 2.69 bits per heavy atom. The molecule has 0 unspecified atom stereocenters. The van der Waals surface area contributed by atoms with Gasteiger partial charge in [-0.3, -0.25) is 19.0 Å². The molecule has 32 heavy (non-hydrogen) atoms. The van der Waals surface area contributed by atoms with Crippen molar-refractivity contribution in [3.8, 4) is 0 Å². The molecule has 0 aliphatic carbocycles. The maximum Gasteiger partial charge on any atom is 0.341 e. The van der Waals surface area contributed by atoms with Crippen LogP contribution in [0.5, 0.6) is 0 Å². The molecule has 0 aliphatic rings. The fourth-order valence-corrected chi connectivity index (χ4v) is 4.40. The molecule has 168 valence electrons. The fourth-order valence-electron chi connectivity index (χ4n) is 3.25. The van der Waals surface area contributed by atoms with E-state index in [1.54, 1.807) is 32.0 Å². The molecule has 3 aromatic rings. The predicted molar refractivity (Wildman–Crippen MR) is 122 cm³/mol. The minimum atomic E-state index is -0.597. The normalized spacial score (nSPS) is 10.7. The third kappa shape index (κ3) is 4.86. The molecule has 2 amide bonds. The average molecular weight is 457 g/mol. The molecule has 2 heterocycles. The Balaban J connectivity index is 1.71. The first-order valence-corrected chi connectivity index (χ1v) is 11.0. The van der Waals surface area contributed by atoms with Gasteiger partial charge in [0.2, 0.25) is 5.91 Å². The Hall–Kier alpha value is -3.53. The molecule has 0 spiro atoms. The summed E-state index contributed by atoms with van der Waals surface area (Å²) in [4.78, 5) is 54.2. The van der Waals surface area contributed by atoms with Crippen LogP contribution in [-0.4, -0.2) is 41.0 Å². The van der Waals surface area contributed by atoms with Crippen molar-refractivity contribution in [2.75, 3.05) is 19.0 Å². The summed E-state index contributed by atoms with van der Waals surface area (Å²) in [6.45, 7) is 3.82. The van der Waals surface area contributed by atoms with Gasteiger partial charge in [-0.05, 0) is 38.0 Å². The lowest BCUT2D eigenvalue weighted by Crippen LogP contribution is -2.21. The largest absolute Gasteiger partial charge is 0.462 e. The number of nitrogens with one attached hydrogen (secondary N) is 2. The van der Waals surface area contributed by atoms with E-state index >= 15 is 0 Å². The number of ether oxygens (including phenoxy) is 1. The van der Waals surface area contributed by atoms with Crippen LogP contribution in [0, 0.1) is 6.92 Å². The van der Waals surface area contributed by atoms with Gasteiger partial charge in [0.1, 0.15) is 5.00 Å². The number of benzene rings is 1. The number of carbonyl (C=O) groups is 3. The minimum absolute atomic E-state index is 0.119. The van der Waals surface area contributed by atoms with E-state index < -0.39 is 5.97 Å². The Morgan fingerprint density at radius 1 is 1.22 bits per heavy atom. The summed E-state index contributed by atoms with van der Waals surface area (Å²) >= 11 is 1.02. The second-order valence-corrected chi connectivity index (χ2v) is 7.99. The molecule has 1 aromatic carbocycles. The van der Waals surface area contributed by atoms with Gasteiger partial charge in [-0.1, -0.05) is 12.1 Å². The number of rotatable bonds is 8. The number of anilines is 1. The second kappa shape index (κ2) is 10.2. The van der Waals surface area contributed by atoms with Crippen molar-refractivity contribution in [1.82, 2.24) is 14.9 Å². The van der Waals surface area contributed by atoms with Gasteiger partial charge < -0.3 is 15.4 Å². The van der Waals surface area contributed by atoms with Crippen molar-refractivity contribution < 1.29 is 19.1 Å². The van der Waals surface area contributed by atoms with Crippen LogP contribution in [0.15, 0.2) is 35.4 Å². The molecule has 0 aliphatic heterocycles. The molecule has 0 fully saturated rings. The fraction of sp³-hybridized carbons (Fsp3) is 0.318. The number of amides is 2. The lowest BCUT2D eigenvalue weighted by Gasteiger charge is -2.08. The van der Waals surface area contributed by atoms with Crippen molar-refractivity contribution in [2.45, 2.75) is 33.2 Å². The Kier molecular flexibility index (Phi) is 7.37. The maximum atomic E-state index is 12.5. The van der Waals surface area contributed by atoms with Crippen molar-refractivity contribution in [2.24, 2.45) is 0 Å². The summed E-state index contributed by atoms with van der Waals surface area (Å²) in [5, 5.41) is 6.04. The number of aromatic nitrogens is 2. The van der Waals surface area contributed by atoms with E-state index in [1.165, 1.54) is 17.9 Å². The first-order chi connectivity index (χ1) is 15.4. The van der Waals surface area contributed by atoms with E-state index in [1.807, 2.05) is 6.07 Å². The van der Waals surface area contributed by atoms with E-state index in [0.717, 1.165) is 11.3 Å². The molecule has 9 nitrogen and oxygen atoms in total. The number of carbonyl (C=O) groups excluding carboxylic acids is 3. The van der Waals surface area contributed by atoms with E-state index in [4.69, 9.17) is 4.74 Å². The monoisotopic (exact) mass is 456 g/mol. The minimum Gasteiger partial charge on any atom is -0.462 e. The van der Waals surface area contributed by atoms with Crippen LogP contribution in [0.25, 0.3) is 10.9 Å². The third-order valence-corrected chi connectivity index (χ3v) is 6.05.